The number of methoxy groups -OCH3 is 1. The largest absolute Gasteiger partial charge is 0.468 e. The van der Waals surface area contributed by atoms with Crippen LogP contribution in [-0.4, -0.2) is 30.3 Å². The molecule has 4 nitrogen and oxygen atoms in total. The summed E-state index contributed by atoms with van der Waals surface area (Å²) < 4.78 is 4.67. The van der Waals surface area contributed by atoms with Crippen molar-refractivity contribution >= 4 is 16.7 Å². The van der Waals surface area contributed by atoms with Gasteiger partial charge in [-0.25, -0.2) is 0 Å². The molecule has 0 fully saturated rings. The van der Waals surface area contributed by atoms with Crippen molar-refractivity contribution in [2.45, 2.75) is 25.6 Å². The molecule has 2 aromatic rings. The summed E-state index contributed by atoms with van der Waals surface area (Å²) in [6.07, 6.45) is -0.803. The molecule has 0 saturated carbocycles. The molecule has 2 aromatic carbocycles. The van der Waals surface area contributed by atoms with Gasteiger partial charge in [0.25, 0.3) is 0 Å². The predicted octanol–water partition coefficient (Wildman–Crippen LogP) is 1.85. The number of benzene rings is 2. The molecule has 0 heterocycles. The Morgan fingerprint density at radius 2 is 1.95 bits per heavy atom. The Morgan fingerprint density at radius 1 is 1.25 bits per heavy atom. The lowest BCUT2D eigenvalue weighted by Gasteiger charge is -2.19. The van der Waals surface area contributed by atoms with Gasteiger partial charge in [-0.3, -0.25) is 10.1 Å². The smallest absolute Gasteiger partial charge is 0.325 e. The number of carbonyl (C=O) groups is 1. The molecule has 0 bridgehead atoms. The molecule has 2 N–H and O–H groups in total. The van der Waals surface area contributed by atoms with Gasteiger partial charge in [0.2, 0.25) is 0 Å². The number of hydrogen-bond acceptors (Lipinski definition) is 4. The van der Waals surface area contributed by atoms with Crippen molar-refractivity contribution in [3.63, 3.8) is 0 Å². The Labute approximate surface area is 118 Å². The maximum atomic E-state index is 11.5. The van der Waals surface area contributed by atoms with Crippen LogP contribution in [0.25, 0.3) is 10.8 Å². The average Bonchev–Trinajstić information content (AvgIpc) is 2.46. The van der Waals surface area contributed by atoms with Gasteiger partial charge in [-0.05, 0) is 29.3 Å². The van der Waals surface area contributed by atoms with Crippen LogP contribution in [0.1, 0.15) is 12.5 Å². The maximum Gasteiger partial charge on any atom is 0.325 e. The summed E-state index contributed by atoms with van der Waals surface area (Å²) in [6, 6.07) is 13.5. The summed E-state index contributed by atoms with van der Waals surface area (Å²) in [4.78, 5) is 11.5. The molecule has 0 radical (unpaired) electrons. The molecule has 4 heteroatoms. The topological polar surface area (TPSA) is 58.6 Å². The second-order valence-corrected chi connectivity index (χ2v) is 4.80. The number of hydrogen-bond donors (Lipinski definition) is 2. The number of aliphatic hydroxyl groups is 1. The molecule has 0 amide bonds. The second-order valence-electron chi connectivity index (χ2n) is 4.80. The van der Waals surface area contributed by atoms with Crippen molar-refractivity contribution in [2.24, 2.45) is 0 Å². The zero-order chi connectivity index (χ0) is 14.5. The van der Waals surface area contributed by atoms with E-state index in [1.165, 1.54) is 12.5 Å². The van der Waals surface area contributed by atoms with Gasteiger partial charge in [0, 0.05) is 6.54 Å². The number of aliphatic hydroxyl groups excluding tert-OH is 1. The quantitative estimate of drug-likeness (QED) is 0.816. The lowest BCUT2D eigenvalue weighted by molar-refractivity contribution is -0.145. The van der Waals surface area contributed by atoms with E-state index < -0.39 is 18.1 Å². The van der Waals surface area contributed by atoms with E-state index in [1.807, 2.05) is 30.3 Å². The Hall–Kier alpha value is -1.91. The first kappa shape index (κ1) is 14.5. The molecule has 0 aromatic heterocycles. The monoisotopic (exact) mass is 273 g/mol. The molecule has 2 atom stereocenters. The summed E-state index contributed by atoms with van der Waals surface area (Å²) in [6.45, 7) is 2.06. The van der Waals surface area contributed by atoms with Gasteiger partial charge in [-0.1, -0.05) is 36.4 Å². The zero-order valence-corrected chi connectivity index (χ0v) is 11.7. The van der Waals surface area contributed by atoms with Crippen molar-refractivity contribution in [2.75, 3.05) is 7.11 Å². The fourth-order valence-electron chi connectivity index (χ4n) is 2.15. The first-order chi connectivity index (χ1) is 9.61. The van der Waals surface area contributed by atoms with Gasteiger partial charge >= 0.3 is 5.97 Å². The zero-order valence-electron chi connectivity index (χ0n) is 11.7. The van der Waals surface area contributed by atoms with E-state index in [4.69, 9.17) is 0 Å². The molecule has 106 valence electrons. The lowest BCUT2D eigenvalue weighted by atomic mass is 10.1. The summed E-state index contributed by atoms with van der Waals surface area (Å²) in [7, 11) is 1.31. The van der Waals surface area contributed by atoms with Crippen LogP contribution in [0, 0.1) is 0 Å². The molecule has 0 spiro atoms. The highest BCUT2D eigenvalue weighted by molar-refractivity contribution is 5.83. The van der Waals surface area contributed by atoms with Crippen molar-refractivity contribution in [1.82, 2.24) is 5.32 Å². The summed E-state index contributed by atoms with van der Waals surface area (Å²) >= 11 is 0. The van der Waals surface area contributed by atoms with E-state index in [0.717, 1.165) is 10.9 Å². The number of nitrogens with one attached hydrogen (secondary N) is 1. The van der Waals surface area contributed by atoms with Crippen molar-refractivity contribution in [3.05, 3.63) is 48.0 Å². The SMILES string of the molecule is COC(=O)[C@H](NCc1ccc2ccccc2c1)[C@@H](C)O. The standard InChI is InChI=1S/C16H19NO3/c1-11(18)15(16(19)20-2)17-10-12-7-8-13-5-3-4-6-14(13)9-12/h3-9,11,15,17-18H,10H2,1-2H3/t11-,15-/m1/s1. The van der Waals surface area contributed by atoms with Gasteiger partial charge in [0.1, 0.15) is 6.04 Å². The Bertz CT molecular complexity index is 595. The fourth-order valence-corrected chi connectivity index (χ4v) is 2.15. The number of fused-ring (bicyclic) bond motifs is 1. The van der Waals surface area contributed by atoms with E-state index in [0.29, 0.717) is 6.54 Å². The number of rotatable bonds is 5. The Balaban J connectivity index is 2.09. The highest BCUT2D eigenvalue weighted by atomic mass is 16.5. The van der Waals surface area contributed by atoms with E-state index in [9.17, 15) is 9.90 Å². The van der Waals surface area contributed by atoms with Gasteiger partial charge in [-0.15, -0.1) is 0 Å². The van der Waals surface area contributed by atoms with Crippen LogP contribution >= 0.6 is 0 Å². The van der Waals surface area contributed by atoms with Crippen LogP contribution in [0.2, 0.25) is 0 Å². The predicted molar refractivity (Wildman–Crippen MR) is 78.3 cm³/mol. The van der Waals surface area contributed by atoms with Crippen LogP contribution in [0.4, 0.5) is 0 Å². The normalized spacial score (nSPS) is 13.9. The Kier molecular flexibility index (Phi) is 4.71. The minimum atomic E-state index is -0.803. The third-order valence-corrected chi connectivity index (χ3v) is 3.28. The lowest BCUT2D eigenvalue weighted by Crippen LogP contribution is -2.45. The summed E-state index contributed by atoms with van der Waals surface area (Å²) in [5.41, 5.74) is 1.05. The van der Waals surface area contributed by atoms with Crippen molar-refractivity contribution in [3.8, 4) is 0 Å². The number of esters is 1. The van der Waals surface area contributed by atoms with Crippen LogP contribution in [0.15, 0.2) is 42.5 Å². The molecule has 0 unspecified atom stereocenters. The van der Waals surface area contributed by atoms with E-state index in [1.54, 1.807) is 6.92 Å². The minimum Gasteiger partial charge on any atom is -0.468 e. The van der Waals surface area contributed by atoms with Crippen LogP contribution in [0.5, 0.6) is 0 Å². The first-order valence-corrected chi connectivity index (χ1v) is 6.59. The highest BCUT2D eigenvalue weighted by Crippen LogP contribution is 2.15. The molecular weight excluding hydrogens is 254 g/mol. The summed E-state index contributed by atoms with van der Waals surface area (Å²) in [5, 5.41) is 15.0. The molecule has 0 aliphatic rings. The van der Waals surface area contributed by atoms with E-state index in [2.05, 4.69) is 22.2 Å². The third-order valence-electron chi connectivity index (χ3n) is 3.28. The van der Waals surface area contributed by atoms with E-state index in [-0.39, 0.29) is 0 Å². The molecular formula is C16H19NO3. The number of carbonyl (C=O) groups excluding carboxylic acids is 1. The molecule has 0 aliphatic carbocycles. The molecule has 20 heavy (non-hydrogen) atoms. The fraction of sp³-hybridized carbons (Fsp3) is 0.312. The second kappa shape index (κ2) is 6.50. The van der Waals surface area contributed by atoms with E-state index >= 15 is 0 Å². The highest BCUT2D eigenvalue weighted by Gasteiger charge is 2.23. The van der Waals surface area contributed by atoms with Crippen LogP contribution in [0.3, 0.4) is 0 Å². The van der Waals surface area contributed by atoms with Gasteiger partial charge < -0.3 is 9.84 Å². The van der Waals surface area contributed by atoms with Gasteiger partial charge in [0.15, 0.2) is 0 Å². The third kappa shape index (κ3) is 3.35. The molecule has 2 rings (SSSR count). The summed E-state index contributed by atoms with van der Waals surface area (Å²) in [5.74, 6) is -0.458. The van der Waals surface area contributed by atoms with Gasteiger partial charge in [-0.2, -0.15) is 0 Å². The van der Waals surface area contributed by atoms with Crippen molar-refractivity contribution in [1.29, 1.82) is 0 Å². The maximum absolute atomic E-state index is 11.5. The average molecular weight is 273 g/mol. The van der Waals surface area contributed by atoms with Crippen LogP contribution < -0.4 is 5.32 Å². The van der Waals surface area contributed by atoms with Gasteiger partial charge in [0.05, 0.1) is 13.2 Å². The molecule has 0 aliphatic heterocycles. The Morgan fingerprint density at radius 3 is 2.60 bits per heavy atom. The minimum absolute atomic E-state index is 0.458. The van der Waals surface area contributed by atoms with Crippen LogP contribution in [-0.2, 0) is 16.1 Å². The molecule has 0 saturated heterocycles. The number of ether oxygens (including phenoxy) is 1. The first-order valence-electron chi connectivity index (χ1n) is 6.59. The van der Waals surface area contributed by atoms with Crippen molar-refractivity contribution < 1.29 is 14.6 Å².